The van der Waals surface area contributed by atoms with Crippen LogP contribution in [0.2, 0.25) is 20.1 Å². The van der Waals surface area contributed by atoms with Crippen LogP contribution in [-0.4, -0.2) is 34.1 Å². The molecular weight excluding hydrogens is 620 g/mol. The van der Waals surface area contributed by atoms with Gasteiger partial charge in [0, 0.05) is 67.5 Å². The van der Waals surface area contributed by atoms with Crippen molar-refractivity contribution in [3.05, 3.63) is 84.1 Å². The van der Waals surface area contributed by atoms with Crippen LogP contribution >= 0.6 is 46.4 Å². The van der Waals surface area contributed by atoms with E-state index in [1.807, 2.05) is 27.7 Å². The molecule has 2 aliphatic carbocycles. The molecule has 3 aliphatic rings. The number of aliphatic carboxylic acids is 1. The van der Waals surface area contributed by atoms with Crippen molar-refractivity contribution in [3.63, 3.8) is 0 Å². The Morgan fingerprint density at radius 1 is 0.857 bits per heavy atom. The first-order valence-corrected chi connectivity index (χ1v) is 15.2. The summed E-state index contributed by atoms with van der Waals surface area (Å²) in [6, 6.07) is 8.29. The summed E-state index contributed by atoms with van der Waals surface area (Å²) in [5.74, 6) is -1.88. The van der Waals surface area contributed by atoms with E-state index in [2.05, 4.69) is 0 Å². The Kier molecular flexibility index (Phi) is 8.25. The molecule has 10 heteroatoms. The van der Waals surface area contributed by atoms with Crippen molar-refractivity contribution >= 4 is 63.9 Å². The lowest BCUT2D eigenvalue weighted by Gasteiger charge is -2.48. The second kappa shape index (κ2) is 11.2. The van der Waals surface area contributed by atoms with E-state index in [0.29, 0.717) is 61.6 Å². The molecule has 0 fully saturated rings. The average Bonchev–Trinajstić information content (AvgIpc) is 2.83. The largest absolute Gasteiger partial charge is 0.487 e. The van der Waals surface area contributed by atoms with Crippen molar-refractivity contribution in [1.82, 2.24) is 4.90 Å². The molecule has 6 nitrogen and oxygen atoms in total. The van der Waals surface area contributed by atoms with Crippen molar-refractivity contribution in [2.45, 2.75) is 65.9 Å². The van der Waals surface area contributed by atoms with Gasteiger partial charge in [-0.2, -0.15) is 0 Å². The van der Waals surface area contributed by atoms with Crippen LogP contribution in [0.4, 0.5) is 0 Å². The number of halogens is 4. The van der Waals surface area contributed by atoms with Gasteiger partial charge in [0.1, 0.15) is 18.9 Å². The molecule has 0 unspecified atom stereocenters. The van der Waals surface area contributed by atoms with Crippen LogP contribution in [0.1, 0.15) is 70.4 Å². The zero-order valence-corrected chi connectivity index (χ0v) is 26.8. The van der Waals surface area contributed by atoms with E-state index in [1.165, 1.54) is 0 Å². The van der Waals surface area contributed by atoms with E-state index in [0.717, 1.165) is 0 Å². The van der Waals surface area contributed by atoms with Gasteiger partial charge in [-0.05, 0) is 47.9 Å². The Bertz CT molecular complexity index is 1540. The molecular formula is C32H31Cl4NO5. The molecule has 1 heterocycles. The first-order chi connectivity index (χ1) is 19.6. The number of Topliss-reactive ketones (excluding diaryl/α,β-unsaturated/α-hetero) is 2. The van der Waals surface area contributed by atoms with Gasteiger partial charge in [-0.25, -0.2) is 0 Å². The minimum absolute atomic E-state index is 0.0436. The number of allylic oxidation sites excluding steroid dienone is 4. The van der Waals surface area contributed by atoms with Gasteiger partial charge in [-0.1, -0.05) is 80.2 Å². The van der Waals surface area contributed by atoms with Gasteiger partial charge in [0.25, 0.3) is 0 Å². The Hall–Kier alpha value is -2.51. The quantitative estimate of drug-likeness (QED) is 0.337. The van der Waals surface area contributed by atoms with Crippen LogP contribution in [0, 0.1) is 10.8 Å². The van der Waals surface area contributed by atoms with Crippen molar-refractivity contribution in [2.75, 3.05) is 6.54 Å². The van der Waals surface area contributed by atoms with Gasteiger partial charge < -0.3 is 14.7 Å². The lowest BCUT2D eigenvalue weighted by molar-refractivity contribution is -0.138. The third kappa shape index (κ3) is 5.96. The molecule has 0 amide bonds. The molecule has 1 aliphatic heterocycles. The predicted octanol–water partition coefficient (Wildman–Crippen LogP) is 8.65. The number of nitrogens with zero attached hydrogens (tertiary/aromatic N) is 1. The van der Waals surface area contributed by atoms with E-state index in [1.54, 1.807) is 35.2 Å². The molecule has 222 valence electrons. The zero-order valence-electron chi connectivity index (χ0n) is 23.7. The van der Waals surface area contributed by atoms with Crippen LogP contribution < -0.4 is 4.74 Å². The Labute approximate surface area is 265 Å². The molecule has 42 heavy (non-hydrogen) atoms. The summed E-state index contributed by atoms with van der Waals surface area (Å²) in [6.45, 7) is 7.65. The third-order valence-corrected chi connectivity index (χ3v) is 9.14. The molecule has 5 rings (SSSR count). The highest BCUT2D eigenvalue weighted by Gasteiger charge is 2.50. The Morgan fingerprint density at radius 3 is 1.93 bits per heavy atom. The van der Waals surface area contributed by atoms with Crippen LogP contribution in [0.5, 0.6) is 5.75 Å². The molecule has 0 saturated carbocycles. The van der Waals surface area contributed by atoms with Crippen LogP contribution in [0.15, 0.2) is 52.9 Å². The van der Waals surface area contributed by atoms with Crippen LogP contribution in [0.3, 0.4) is 0 Å². The number of ether oxygens (including phenoxy) is 1. The summed E-state index contributed by atoms with van der Waals surface area (Å²) >= 11 is 25.8. The number of carboxylic acid groups (broad SMARTS) is 1. The van der Waals surface area contributed by atoms with Crippen molar-refractivity contribution in [2.24, 2.45) is 10.8 Å². The smallest absolute Gasteiger partial charge is 0.323 e. The van der Waals surface area contributed by atoms with Gasteiger partial charge in [-0.15, -0.1) is 0 Å². The lowest BCUT2D eigenvalue weighted by atomic mass is 9.63. The number of hydrogen-bond acceptors (Lipinski definition) is 5. The molecule has 0 radical (unpaired) electrons. The SMILES string of the molecule is CC1(C)CC(=O)C2=C(C1)N(CC(=O)O)C1=C(C(=O)CC(C)(C)C1)C2c1cc(Cl)cc(Cl)c1OCc1ccc(Cl)cc1Cl. The Morgan fingerprint density at radius 2 is 1.40 bits per heavy atom. The lowest BCUT2D eigenvalue weighted by Crippen LogP contribution is -2.45. The van der Waals surface area contributed by atoms with E-state index in [-0.39, 0.29) is 48.3 Å². The highest BCUT2D eigenvalue weighted by atomic mass is 35.5. The summed E-state index contributed by atoms with van der Waals surface area (Å²) in [5.41, 5.74) is 2.38. The molecule has 0 bridgehead atoms. The van der Waals surface area contributed by atoms with Crippen molar-refractivity contribution < 1.29 is 24.2 Å². The first kappa shape index (κ1) is 30.9. The molecule has 1 N–H and O–H groups in total. The maximum Gasteiger partial charge on any atom is 0.323 e. The predicted molar refractivity (Wildman–Crippen MR) is 164 cm³/mol. The maximum atomic E-state index is 14.0. The molecule has 0 saturated heterocycles. The van der Waals surface area contributed by atoms with Gasteiger partial charge in [0.05, 0.1) is 5.02 Å². The molecule has 0 atom stereocenters. The van der Waals surface area contributed by atoms with Gasteiger partial charge in [0.2, 0.25) is 0 Å². The van der Waals surface area contributed by atoms with Crippen molar-refractivity contribution in [1.29, 1.82) is 0 Å². The number of carboxylic acids is 1. The average molecular weight is 651 g/mol. The summed E-state index contributed by atoms with van der Waals surface area (Å²) in [7, 11) is 0. The second-order valence-corrected chi connectivity index (χ2v) is 14.5. The minimum Gasteiger partial charge on any atom is -0.487 e. The third-order valence-electron chi connectivity index (χ3n) is 8.05. The number of ketones is 2. The zero-order chi connectivity index (χ0) is 30.7. The van der Waals surface area contributed by atoms with E-state index >= 15 is 0 Å². The number of benzene rings is 2. The standard InChI is InChI=1S/C32H31Cl4NO5/c1-31(2)10-22-28(24(38)12-31)27(29-23(37(22)14-26(40)41)11-32(3,4)13-25(29)39)19-7-18(34)9-21(36)30(19)42-15-16-5-6-17(33)8-20(16)35/h5-9,27H,10-15H2,1-4H3,(H,40,41). The fourth-order valence-electron chi connectivity index (χ4n) is 6.42. The van der Waals surface area contributed by atoms with Gasteiger partial charge >= 0.3 is 5.97 Å². The highest BCUT2D eigenvalue weighted by Crippen LogP contribution is 2.56. The summed E-state index contributed by atoms with van der Waals surface area (Å²) in [4.78, 5) is 41.8. The van der Waals surface area contributed by atoms with Crippen LogP contribution in [-0.2, 0) is 21.0 Å². The number of carbonyl (C=O) groups excluding carboxylic acids is 2. The monoisotopic (exact) mass is 649 g/mol. The summed E-state index contributed by atoms with van der Waals surface area (Å²) in [5, 5.41) is 11.4. The number of hydrogen-bond donors (Lipinski definition) is 1. The van der Waals surface area contributed by atoms with Gasteiger partial charge in [0.15, 0.2) is 11.6 Å². The maximum absolute atomic E-state index is 14.0. The topological polar surface area (TPSA) is 83.9 Å². The molecule has 0 aromatic heterocycles. The normalized spacial score (nSPS) is 20.0. The fourth-order valence-corrected chi connectivity index (χ4v) is 7.45. The van der Waals surface area contributed by atoms with Crippen LogP contribution in [0.25, 0.3) is 0 Å². The second-order valence-electron chi connectivity index (χ2n) is 12.8. The minimum atomic E-state index is -1.05. The first-order valence-electron chi connectivity index (χ1n) is 13.6. The summed E-state index contributed by atoms with van der Waals surface area (Å²) < 4.78 is 6.29. The van der Waals surface area contributed by atoms with E-state index < -0.39 is 22.7 Å². The molecule has 0 spiro atoms. The number of carbonyl (C=O) groups is 3. The van der Waals surface area contributed by atoms with Gasteiger partial charge in [-0.3, -0.25) is 14.4 Å². The van der Waals surface area contributed by atoms with E-state index in [9.17, 15) is 19.5 Å². The molecule has 2 aromatic rings. The number of rotatable bonds is 6. The molecule has 2 aromatic carbocycles. The van der Waals surface area contributed by atoms with Crippen molar-refractivity contribution in [3.8, 4) is 5.75 Å². The summed E-state index contributed by atoms with van der Waals surface area (Å²) in [6.07, 6.45) is 1.43. The Balaban J connectivity index is 1.75. The fraction of sp³-hybridized carbons (Fsp3) is 0.406. The van der Waals surface area contributed by atoms with E-state index in [4.69, 9.17) is 51.1 Å². The highest BCUT2D eigenvalue weighted by molar-refractivity contribution is 6.36.